The molecule has 26 heavy (non-hydrogen) atoms. The Bertz CT molecular complexity index is 1100. The lowest BCUT2D eigenvalue weighted by Gasteiger charge is -2.34. The zero-order valence-corrected chi connectivity index (χ0v) is 13.6. The lowest BCUT2D eigenvalue weighted by molar-refractivity contribution is 0.565. The van der Waals surface area contributed by atoms with Crippen molar-refractivity contribution in [2.24, 2.45) is 0 Å². The summed E-state index contributed by atoms with van der Waals surface area (Å²) in [6.07, 6.45) is 4.06. The zero-order chi connectivity index (χ0) is 17.7. The molecule has 1 atom stereocenters. The molecule has 0 spiro atoms. The molecule has 5 heterocycles. The number of hydrogen-bond acceptors (Lipinski definition) is 4. The molecule has 4 aromatic rings. The highest BCUT2D eigenvalue weighted by atomic mass is 19.1. The Morgan fingerprint density at radius 1 is 1.15 bits per heavy atom. The van der Waals surface area contributed by atoms with Gasteiger partial charge >= 0.3 is 0 Å². The summed E-state index contributed by atoms with van der Waals surface area (Å²) < 4.78 is 29.3. The van der Waals surface area contributed by atoms with Crippen molar-refractivity contribution in [1.82, 2.24) is 24.6 Å². The Morgan fingerprint density at radius 3 is 2.92 bits per heavy atom. The third-order valence-electron chi connectivity index (χ3n) is 4.67. The number of nitrogens with zero attached hydrogens (tertiary/aromatic N) is 5. The summed E-state index contributed by atoms with van der Waals surface area (Å²) in [7, 11) is 0. The minimum Gasteiger partial charge on any atom is -0.348 e. The third kappa shape index (κ3) is 2.26. The Kier molecular flexibility index (Phi) is 3.24. The summed E-state index contributed by atoms with van der Waals surface area (Å²) in [6.45, 7) is 0.618. The van der Waals surface area contributed by atoms with E-state index < -0.39 is 5.95 Å². The number of aromatic nitrogens is 5. The first-order chi connectivity index (χ1) is 12.7. The molecular formula is C18H14F2N6. The van der Waals surface area contributed by atoms with Crippen LogP contribution in [-0.2, 0) is 6.42 Å². The first kappa shape index (κ1) is 15.0. The van der Waals surface area contributed by atoms with Gasteiger partial charge < -0.3 is 9.88 Å². The van der Waals surface area contributed by atoms with Gasteiger partial charge in [0.05, 0.1) is 17.7 Å². The first-order valence-corrected chi connectivity index (χ1v) is 8.26. The standard InChI is InChI=1S/C18H14F2N6/c19-11-3-2-7-26-14(11)9-13(24-26)18-17-12(21-10-22-17)6-8-25(18)16-5-1-4-15(20)23-16/h1-5,7,9-10,18H,6,8H2,(H,21,22). The van der Waals surface area contributed by atoms with Gasteiger partial charge in [-0.15, -0.1) is 0 Å². The number of rotatable bonds is 2. The first-order valence-electron chi connectivity index (χ1n) is 8.26. The van der Waals surface area contributed by atoms with E-state index in [4.69, 9.17) is 0 Å². The second-order valence-corrected chi connectivity index (χ2v) is 6.19. The summed E-state index contributed by atoms with van der Waals surface area (Å²) in [6, 6.07) is 9.01. The second-order valence-electron chi connectivity index (χ2n) is 6.19. The van der Waals surface area contributed by atoms with Gasteiger partial charge in [-0.1, -0.05) is 6.07 Å². The number of nitrogens with one attached hydrogen (secondary N) is 1. The minimum atomic E-state index is -0.546. The van der Waals surface area contributed by atoms with Crippen LogP contribution in [0.25, 0.3) is 5.52 Å². The number of hydrogen-bond donors (Lipinski definition) is 1. The average Bonchev–Trinajstić information content (AvgIpc) is 3.28. The van der Waals surface area contributed by atoms with Gasteiger partial charge in [0.15, 0.2) is 0 Å². The highest BCUT2D eigenvalue weighted by Gasteiger charge is 2.34. The molecule has 6 nitrogen and oxygen atoms in total. The Morgan fingerprint density at radius 2 is 2.08 bits per heavy atom. The fourth-order valence-corrected chi connectivity index (χ4v) is 3.51. The summed E-state index contributed by atoms with van der Waals surface area (Å²) in [5.41, 5.74) is 2.82. The molecule has 0 amide bonds. The van der Waals surface area contributed by atoms with Gasteiger partial charge in [0.1, 0.15) is 23.2 Å². The van der Waals surface area contributed by atoms with E-state index in [2.05, 4.69) is 20.1 Å². The van der Waals surface area contributed by atoms with E-state index >= 15 is 0 Å². The molecule has 5 rings (SSSR count). The zero-order valence-electron chi connectivity index (χ0n) is 13.6. The predicted octanol–water partition coefficient (Wildman–Crippen LogP) is 2.88. The maximum absolute atomic E-state index is 14.1. The summed E-state index contributed by atoms with van der Waals surface area (Å²) in [5, 5.41) is 4.53. The lowest BCUT2D eigenvalue weighted by atomic mass is 9.99. The van der Waals surface area contributed by atoms with E-state index in [9.17, 15) is 8.78 Å². The topological polar surface area (TPSA) is 62.1 Å². The molecule has 1 N–H and O–H groups in total. The second kappa shape index (κ2) is 5.62. The molecule has 1 aliphatic heterocycles. The number of imidazole rings is 1. The third-order valence-corrected chi connectivity index (χ3v) is 4.67. The largest absolute Gasteiger partial charge is 0.348 e. The average molecular weight is 352 g/mol. The normalized spacial score (nSPS) is 16.8. The van der Waals surface area contributed by atoms with Crippen LogP contribution in [0, 0.1) is 11.8 Å². The van der Waals surface area contributed by atoms with Crippen LogP contribution in [0.3, 0.4) is 0 Å². The number of halogens is 2. The molecule has 1 aliphatic rings. The summed E-state index contributed by atoms with van der Waals surface area (Å²) in [4.78, 5) is 13.6. The van der Waals surface area contributed by atoms with Crippen molar-refractivity contribution in [3.8, 4) is 0 Å². The van der Waals surface area contributed by atoms with E-state index in [1.165, 1.54) is 16.6 Å². The van der Waals surface area contributed by atoms with E-state index in [-0.39, 0.29) is 11.9 Å². The molecule has 0 saturated carbocycles. The van der Waals surface area contributed by atoms with Crippen molar-refractivity contribution in [1.29, 1.82) is 0 Å². The van der Waals surface area contributed by atoms with Gasteiger partial charge in [0.2, 0.25) is 5.95 Å². The number of fused-ring (bicyclic) bond motifs is 2. The van der Waals surface area contributed by atoms with E-state index in [0.29, 0.717) is 23.6 Å². The highest BCUT2D eigenvalue weighted by molar-refractivity contribution is 5.54. The van der Waals surface area contributed by atoms with Crippen molar-refractivity contribution in [3.63, 3.8) is 0 Å². The van der Waals surface area contributed by atoms with Crippen molar-refractivity contribution in [2.75, 3.05) is 11.4 Å². The quantitative estimate of drug-likeness (QED) is 0.564. The number of pyridine rings is 2. The van der Waals surface area contributed by atoms with Gasteiger partial charge in [0, 0.05) is 24.9 Å². The maximum atomic E-state index is 14.1. The van der Waals surface area contributed by atoms with Crippen molar-refractivity contribution >= 4 is 11.3 Å². The maximum Gasteiger partial charge on any atom is 0.214 e. The number of anilines is 1. The monoisotopic (exact) mass is 352 g/mol. The SMILES string of the molecule is Fc1cccc(N2CCc3[nH]cnc3C2c2cc3c(F)cccn3n2)n1. The Labute approximate surface area is 147 Å². The van der Waals surface area contributed by atoms with Gasteiger partial charge in [-0.2, -0.15) is 9.49 Å². The molecule has 0 bridgehead atoms. The molecule has 0 radical (unpaired) electrons. The van der Waals surface area contributed by atoms with Crippen LogP contribution in [0.2, 0.25) is 0 Å². The molecule has 1 unspecified atom stereocenters. The van der Waals surface area contributed by atoms with Gasteiger partial charge in [0.25, 0.3) is 0 Å². The van der Waals surface area contributed by atoms with E-state index in [1.807, 2.05) is 4.90 Å². The molecule has 0 saturated heterocycles. The Hall–Kier alpha value is -3.29. The predicted molar refractivity (Wildman–Crippen MR) is 90.8 cm³/mol. The lowest BCUT2D eigenvalue weighted by Crippen LogP contribution is -2.37. The van der Waals surface area contributed by atoms with Crippen molar-refractivity contribution in [3.05, 3.63) is 77.8 Å². The van der Waals surface area contributed by atoms with Gasteiger partial charge in [-0.05, 0) is 30.3 Å². The van der Waals surface area contributed by atoms with Crippen LogP contribution in [-0.4, -0.2) is 31.1 Å². The van der Waals surface area contributed by atoms with Crippen LogP contribution < -0.4 is 4.90 Å². The minimum absolute atomic E-state index is 0.347. The van der Waals surface area contributed by atoms with Crippen LogP contribution in [0.4, 0.5) is 14.6 Å². The van der Waals surface area contributed by atoms with E-state index in [1.54, 1.807) is 36.8 Å². The van der Waals surface area contributed by atoms with E-state index in [0.717, 1.165) is 17.8 Å². The fourth-order valence-electron chi connectivity index (χ4n) is 3.51. The molecule has 0 fully saturated rings. The van der Waals surface area contributed by atoms with Crippen molar-refractivity contribution < 1.29 is 8.78 Å². The van der Waals surface area contributed by atoms with Crippen LogP contribution in [0.5, 0.6) is 0 Å². The Balaban J connectivity index is 1.69. The summed E-state index contributed by atoms with van der Waals surface area (Å²) in [5.74, 6) is -0.393. The fraction of sp³-hybridized carbons (Fsp3) is 0.167. The molecular weight excluding hydrogens is 338 g/mol. The molecule has 130 valence electrons. The molecule has 0 aliphatic carbocycles. The summed E-state index contributed by atoms with van der Waals surface area (Å²) >= 11 is 0. The van der Waals surface area contributed by atoms with Gasteiger partial charge in [-0.25, -0.2) is 18.9 Å². The van der Waals surface area contributed by atoms with Crippen molar-refractivity contribution in [2.45, 2.75) is 12.5 Å². The molecule has 0 aromatic carbocycles. The van der Waals surface area contributed by atoms with Crippen LogP contribution >= 0.6 is 0 Å². The highest BCUT2D eigenvalue weighted by Crippen LogP contribution is 2.36. The number of aromatic amines is 1. The number of H-pyrrole nitrogens is 1. The van der Waals surface area contributed by atoms with Crippen LogP contribution in [0.1, 0.15) is 23.1 Å². The molecule has 4 aromatic heterocycles. The van der Waals surface area contributed by atoms with Gasteiger partial charge in [-0.3, -0.25) is 0 Å². The molecule has 8 heteroatoms. The van der Waals surface area contributed by atoms with Crippen LogP contribution in [0.15, 0.2) is 48.9 Å². The smallest absolute Gasteiger partial charge is 0.214 e.